The molecule has 0 unspecified atom stereocenters. The van der Waals surface area contributed by atoms with Crippen molar-refractivity contribution in [2.45, 2.75) is 25.5 Å². The van der Waals surface area contributed by atoms with E-state index in [2.05, 4.69) is 4.98 Å². The molecule has 0 radical (unpaired) electrons. The van der Waals surface area contributed by atoms with Crippen LogP contribution in [0.2, 0.25) is 0 Å². The highest BCUT2D eigenvalue weighted by molar-refractivity contribution is 7.14. The van der Waals surface area contributed by atoms with E-state index in [9.17, 15) is 14.7 Å². The molecule has 2 atom stereocenters. The number of carbonyl (C=O) groups is 2. The number of aromatic nitrogens is 1. The molecule has 2 aromatic carbocycles. The van der Waals surface area contributed by atoms with Gasteiger partial charge in [0, 0.05) is 23.6 Å². The molecule has 0 spiro atoms. The number of rotatable bonds is 5. The van der Waals surface area contributed by atoms with Gasteiger partial charge in [0.1, 0.15) is 17.6 Å². The second-order valence-electron chi connectivity index (χ2n) is 8.05. The predicted octanol–water partition coefficient (Wildman–Crippen LogP) is 4.11. The zero-order valence-corrected chi connectivity index (χ0v) is 19.6. The first-order valence-corrected chi connectivity index (χ1v) is 11.5. The molecule has 1 fully saturated rings. The van der Waals surface area contributed by atoms with Crippen molar-refractivity contribution in [1.82, 2.24) is 4.98 Å². The Balaban J connectivity index is 1.69. The second kappa shape index (κ2) is 8.49. The quantitative estimate of drug-likeness (QED) is 0.335. The van der Waals surface area contributed by atoms with Gasteiger partial charge in [0.15, 0.2) is 16.6 Å². The van der Waals surface area contributed by atoms with Crippen molar-refractivity contribution < 1.29 is 28.9 Å². The van der Waals surface area contributed by atoms with Crippen molar-refractivity contribution >= 4 is 33.9 Å². The van der Waals surface area contributed by atoms with Gasteiger partial charge >= 0.3 is 5.91 Å². The molecule has 2 aliphatic rings. The van der Waals surface area contributed by atoms with Crippen LogP contribution in [0.3, 0.4) is 0 Å². The van der Waals surface area contributed by atoms with E-state index in [1.807, 2.05) is 6.92 Å². The minimum atomic E-state index is -0.894. The summed E-state index contributed by atoms with van der Waals surface area (Å²) in [4.78, 5) is 32.0. The summed E-state index contributed by atoms with van der Waals surface area (Å²) < 4.78 is 16.5. The normalized spacial score (nSPS) is 20.9. The van der Waals surface area contributed by atoms with Crippen LogP contribution in [0, 0.1) is 0 Å². The highest BCUT2D eigenvalue weighted by atomic mass is 32.1. The molecule has 9 heteroatoms. The van der Waals surface area contributed by atoms with Crippen LogP contribution >= 0.6 is 11.3 Å². The molecule has 0 aliphatic carbocycles. The number of Topliss-reactive ketones (excluding diaryl/α,β-unsaturated/α-hetero) is 1. The third-order valence-corrected chi connectivity index (χ3v) is 6.73. The van der Waals surface area contributed by atoms with E-state index < -0.39 is 17.7 Å². The molecule has 8 nitrogen and oxygen atoms in total. The maximum atomic E-state index is 13.3. The molecule has 0 saturated carbocycles. The van der Waals surface area contributed by atoms with Gasteiger partial charge < -0.3 is 19.3 Å². The van der Waals surface area contributed by atoms with Crippen molar-refractivity contribution in [3.63, 3.8) is 0 Å². The Hall–Kier alpha value is -3.85. The number of thiazole rings is 1. The zero-order chi connectivity index (χ0) is 24.0. The Morgan fingerprint density at radius 2 is 1.94 bits per heavy atom. The number of nitrogens with zero attached hydrogens (tertiary/aromatic N) is 2. The number of fused-ring (bicyclic) bond motifs is 1. The van der Waals surface area contributed by atoms with Gasteiger partial charge in [-0.25, -0.2) is 4.98 Å². The smallest absolute Gasteiger partial charge is 0.301 e. The Bertz CT molecular complexity index is 1320. The second-order valence-corrected chi connectivity index (χ2v) is 8.93. The predicted molar refractivity (Wildman–Crippen MR) is 127 cm³/mol. The maximum absolute atomic E-state index is 13.3. The monoisotopic (exact) mass is 478 g/mol. The first-order valence-electron chi connectivity index (χ1n) is 10.6. The molecular weight excluding hydrogens is 456 g/mol. The number of hydrogen-bond acceptors (Lipinski definition) is 8. The average Bonchev–Trinajstić information content (AvgIpc) is 3.56. The first-order chi connectivity index (χ1) is 16.4. The largest absolute Gasteiger partial charge is 0.507 e. The SMILES string of the molecule is COc1ccc([C@H]2/C(=C(\O)c3ccc4c(c3)C[C@H](C)O4)C(=O)C(=O)N2c2nccs2)cc1OC. The van der Waals surface area contributed by atoms with Gasteiger partial charge in [-0.1, -0.05) is 6.07 Å². The van der Waals surface area contributed by atoms with E-state index in [4.69, 9.17) is 14.2 Å². The molecule has 1 aromatic heterocycles. The van der Waals surface area contributed by atoms with E-state index in [0.717, 1.165) is 11.3 Å². The van der Waals surface area contributed by atoms with Crippen LogP contribution in [0.1, 0.15) is 29.7 Å². The van der Waals surface area contributed by atoms with Crippen LogP contribution < -0.4 is 19.1 Å². The first kappa shape index (κ1) is 22.0. The number of carbonyl (C=O) groups excluding carboxylic acids is 2. The number of amides is 1. The molecule has 2 aliphatic heterocycles. The number of anilines is 1. The molecule has 1 N–H and O–H groups in total. The fourth-order valence-corrected chi connectivity index (χ4v) is 5.09. The number of aliphatic hydroxyl groups excluding tert-OH is 1. The zero-order valence-electron chi connectivity index (χ0n) is 18.8. The molecule has 34 heavy (non-hydrogen) atoms. The number of ether oxygens (including phenoxy) is 3. The van der Waals surface area contributed by atoms with Crippen LogP contribution in [0.4, 0.5) is 5.13 Å². The number of methoxy groups -OCH3 is 2. The number of ketones is 1. The van der Waals surface area contributed by atoms with E-state index >= 15 is 0 Å². The van der Waals surface area contributed by atoms with E-state index in [0.29, 0.717) is 34.2 Å². The number of hydrogen-bond donors (Lipinski definition) is 1. The minimum absolute atomic E-state index is 0.0145. The third kappa shape index (κ3) is 3.49. The fourth-order valence-electron chi connectivity index (χ4n) is 4.43. The lowest BCUT2D eigenvalue weighted by Crippen LogP contribution is -2.29. The summed E-state index contributed by atoms with van der Waals surface area (Å²) in [6.07, 6.45) is 2.30. The summed E-state index contributed by atoms with van der Waals surface area (Å²) in [5.41, 5.74) is 1.94. The highest BCUT2D eigenvalue weighted by Gasteiger charge is 2.48. The van der Waals surface area contributed by atoms with Crippen molar-refractivity contribution in [2.75, 3.05) is 19.1 Å². The molecule has 1 saturated heterocycles. The van der Waals surface area contributed by atoms with Gasteiger partial charge in [-0.2, -0.15) is 0 Å². The summed E-state index contributed by atoms with van der Waals surface area (Å²) in [5, 5.41) is 13.4. The van der Waals surface area contributed by atoms with Gasteiger partial charge in [0.25, 0.3) is 5.78 Å². The highest BCUT2D eigenvalue weighted by Crippen LogP contribution is 2.45. The Kier molecular flexibility index (Phi) is 5.49. The lowest BCUT2D eigenvalue weighted by atomic mass is 9.94. The molecule has 174 valence electrons. The van der Waals surface area contributed by atoms with Gasteiger partial charge in [-0.05, 0) is 48.4 Å². The van der Waals surface area contributed by atoms with Crippen molar-refractivity contribution in [3.05, 3.63) is 70.2 Å². The molecule has 5 rings (SSSR count). The fraction of sp³-hybridized carbons (Fsp3) is 0.240. The molecule has 0 bridgehead atoms. The standard InChI is InChI=1S/C25H22N2O6S/c1-13-10-16-11-15(5-6-17(16)33-13)22(28)20-21(14-4-7-18(31-2)19(12-14)32-3)27(24(30)23(20)29)25-26-8-9-34-25/h4-9,11-13,21,28H,10H2,1-3H3/b22-20+/t13-,21-/m0/s1. The maximum Gasteiger partial charge on any atom is 0.301 e. The average molecular weight is 479 g/mol. The van der Waals surface area contributed by atoms with Gasteiger partial charge in [-0.3, -0.25) is 14.5 Å². The van der Waals surface area contributed by atoms with Crippen LogP contribution in [-0.2, 0) is 16.0 Å². The Morgan fingerprint density at radius 3 is 2.65 bits per heavy atom. The minimum Gasteiger partial charge on any atom is -0.507 e. The van der Waals surface area contributed by atoms with Crippen molar-refractivity contribution in [1.29, 1.82) is 0 Å². The van der Waals surface area contributed by atoms with Crippen molar-refractivity contribution in [2.24, 2.45) is 0 Å². The number of benzene rings is 2. The van der Waals surface area contributed by atoms with E-state index in [-0.39, 0.29) is 17.4 Å². The van der Waals surface area contributed by atoms with Gasteiger partial charge in [-0.15, -0.1) is 11.3 Å². The summed E-state index contributed by atoms with van der Waals surface area (Å²) in [5.74, 6) is -0.0890. The summed E-state index contributed by atoms with van der Waals surface area (Å²) in [6.45, 7) is 1.97. The Labute approximate surface area is 200 Å². The van der Waals surface area contributed by atoms with Crippen molar-refractivity contribution in [3.8, 4) is 17.2 Å². The topological polar surface area (TPSA) is 98.2 Å². The van der Waals surface area contributed by atoms with Crippen LogP contribution in [0.15, 0.2) is 53.5 Å². The van der Waals surface area contributed by atoms with Crippen LogP contribution in [-0.4, -0.2) is 42.1 Å². The lowest BCUT2D eigenvalue weighted by Gasteiger charge is -2.23. The van der Waals surface area contributed by atoms with E-state index in [1.54, 1.807) is 48.0 Å². The molecule has 1 amide bonds. The molecular formula is C25H22N2O6S. The third-order valence-electron chi connectivity index (χ3n) is 5.96. The van der Waals surface area contributed by atoms with Gasteiger partial charge in [0.2, 0.25) is 0 Å². The Morgan fingerprint density at radius 1 is 1.15 bits per heavy atom. The van der Waals surface area contributed by atoms with E-state index in [1.165, 1.54) is 30.5 Å². The molecule has 3 aromatic rings. The van der Waals surface area contributed by atoms with Crippen LogP contribution in [0.25, 0.3) is 5.76 Å². The lowest BCUT2D eigenvalue weighted by molar-refractivity contribution is -0.132. The number of aliphatic hydroxyl groups is 1. The van der Waals surface area contributed by atoms with Gasteiger partial charge in [0.05, 0.1) is 25.8 Å². The summed E-state index contributed by atoms with van der Waals surface area (Å²) in [6, 6.07) is 9.51. The summed E-state index contributed by atoms with van der Waals surface area (Å²) in [7, 11) is 3.03. The molecule has 3 heterocycles. The van der Waals surface area contributed by atoms with Crippen LogP contribution in [0.5, 0.6) is 17.2 Å². The summed E-state index contributed by atoms with van der Waals surface area (Å²) >= 11 is 1.23.